The molecule has 1 aromatic heterocycles. The Morgan fingerprint density at radius 1 is 1.22 bits per heavy atom. The maximum absolute atomic E-state index is 12.8. The number of hydrogen-bond acceptors (Lipinski definition) is 7. The molecule has 1 aliphatic heterocycles. The Labute approximate surface area is 185 Å². The first-order valence-electron chi connectivity index (χ1n) is 9.47. The smallest absolute Gasteiger partial charge is 0.493 e. The number of benzene rings is 2. The fourth-order valence-electron chi connectivity index (χ4n) is 3.45. The van der Waals surface area contributed by atoms with Crippen molar-refractivity contribution in [2.24, 2.45) is 5.92 Å². The molecule has 2 atom stereocenters. The third-order valence-corrected chi connectivity index (χ3v) is 6.98. The van der Waals surface area contributed by atoms with Crippen LogP contribution < -0.4 is 9.46 Å². The van der Waals surface area contributed by atoms with E-state index in [1.807, 2.05) is 6.92 Å². The van der Waals surface area contributed by atoms with Gasteiger partial charge in [-0.1, -0.05) is 30.3 Å². The van der Waals surface area contributed by atoms with Gasteiger partial charge in [0.05, 0.1) is 18.4 Å². The summed E-state index contributed by atoms with van der Waals surface area (Å²) in [4.78, 5) is 0. The summed E-state index contributed by atoms with van der Waals surface area (Å²) in [5.74, 6) is 0.153. The average Bonchev–Trinajstić information content (AvgIpc) is 3.14. The van der Waals surface area contributed by atoms with E-state index in [0.717, 1.165) is 10.0 Å². The lowest BCUT2D eigenvalue weighted by Gasteiger charge is -2.30. The van der Waals surface area contributed by atoms with E-state index >= 15 is 0 Å². The van der Waals surface area contributed by atoms with Gasteiger partial charge in [0.2, 0.25) is 0 Å². The summed E-state index contributed by atoms with van der Waals surface area (Å²) >= 11 is 1.45. The summed E-state index contributed by atoms with van der Waals surface area (Å²) in [5.41, 5.74) is -4.43. The standard InChI is InChI=1S/C20H18F3N3O4S2/c1-11-24-25-18(31-11)9-13-10-30-17-8-12(6-7-15(17)19(13)27)14-4-2-3-5-16(14)26-32(28,29)20(21,22)23/h2-8,13,19,26-27H,9-10H2,1H3/t13-,19+/m1/s1. The number of alkyl halides is 3. The highest BCUT2D eigenvalue weighted by molar-refractivity contribution is 7.93. The molecule has 0 aliphatic carbocycles. The summed E-state index contributed by atoms with van der Waals surface area (Å²) in [6, 6.07) is 10.5. The van der Waals surface area contributed by atoms with Gasteiger partial charge in [-0.3, -0.25) is 4.72 Å². The van der Waals surface area contributed by atoms with E-state index in [4.69, 9.17) is 4.74 Å². The van der Waals surface area contributed by atoms with E-state index < -0.39 is 21.6 Å². The van der Waals surface area contributed by atoms with Crippen molar-refractivity contribution in [2.75, 3.05) is 11.3 Å². The number of hydrogen-bond donors (Lipinski definition) is 2. The molecule has 2 heterocycles. The third kappa shape index (κ3) is 4.43. The number of aliphatic hydroxyl groups is 1. The summed E-state index contributed by atoms with van der Waals surface area (Å²) in [6.45, 7) is 2.07. The Hall–Kier alpha value is -2.70. The first kappa shape index (κ1) is 22.5. The lowest BCUT2D eigenvalue weighted by atomic mass is 9.89. The van der Waals surface area contributed by atoms with E-state index in [1.54, 1.807) is 29.0 Å². The summed E-state index contributed by atoms with van der Waals surface area (Å²) < 4.78 is 69.0. The van der Waals surface area contributed by atoms with E-state index in [-0.39, 0.29) is 23.8 Å². The molecule has 2 aromatic carbocycles. The van der Waals surface area contributed by atoms with Crippen LogP contribution in [-0.2, 0) is 16.4 Å². The van der Waals surface area contributed by atoms with Crippen LogP contribution in [0.25, 0.3) is 11.1 Å². The number of anilines is 1. The highest BCUT2D eigenvalue weighted by atomic mass is 32.2. The van der Waals surface area contributed by atoms with Gasteiger partial charge in [-0.05, 0) is 24.6 Å². The molecule has 7 nitrogen and oxygen atoms in total. The third-order valence-electron chi connectivity index (χ3n) is 5.02. The molecule has 12 heteroatoms. The minimum Gasteiger partial charge on any atom is -0.493 e. The van der Waals surface area contributed by atoms with E-state index in [2.05, 4.69) is 10.2 Å². The van der Waals surface area contributed by atoms with Crippen molar-refractivity contribution < 1.29 is 31.4 Å². The molecule has 0 radical (unpaired) electrons. The minimum absolute atomic E-state index is 0.217. The molecule has 0 unspecified atom stereocenters. The molecule has 0 saturated carbocycles. The van der Waals surface area contributed by atoms with E-state index in [0.29, 0.717) is 23.3 Å². The monoisotopic (exact) mass is 485 g/mol. The lowest BCUT2D eigenvalue weighted by Crippen LogP contribution is -2.30. The maximum Gasteiger partial charge on any atom is 0.516 e. The number of fused-ring (bicyclic) bond motifs is 1. The Kier molecular flexibility index (Phi) is 5.86. The molecule has 3 aromatic rings. The number of aryl methyl sites for hydroxylation is 1. The Morgan fingerprint density at radius 2 is 1.97 bits per heavy atom. The lowest BCUT2D eigenvalue weighted by molar-refractivity contribution is -0.0429. The van der Waals surface area contributed by atoms with Crippen LogP contribution in [0, 0.1) is 12.8 Å². The van der Waals surface area contributed by atoms with Crippen molar-refractivity contribution in [3.63, 3.8) is 0 Å². The summed E-state index contributed by atoms with van der Waals surface area (Å²) in [5, 5.41) is 20.5. The van der Waals surface area contributed by atoms with Crippen LogP contribution >= 0.6 is 11.3 Å². The number of aliphatic hydroxyl groups excluding tert-OH is 1. The number of nitrogens with one attached hydrogen (secondary N) is 1. The van der Waals surface area contributed by atoms with Gasteiger partial charge in [0.15, 0.2) is 0 Å². The van der Waals surface area contributed by atoms with Gasteiger partial charge in [0.25, 0.3) is 0 Å². The molecule has 0 fully saturated rings. The van der Waals surface area contributed by atoms with Crippen molar-refractivity contribution in [3.05, 3.63) is 58.0 Å². The first-order valence-corrected chi connectivity index (χ1v) is 11.8. The van der Waals surface area contributed by atoms with Crippen LogP contribution in [-0.4, -0.2) is 35.8 Å². The molecular weight excluding hydrogens is 467 g/mol. The van der Waals surface area contributed by atoms with Crippen LogP contribution in [0.5, 0.6) is 5.75 Å². The van der Waals surface area contributed by atoms with Gasteiger partial charge in [0, 0.05) is 23.5 Å². The Balaban J connectivity index is 1.61. The number of para-hydroxylation sites is 1. The number of aromatic nitrogens is 2. The topological polar surface area (TPSA) is 101 Å². The zero-order valence-corrected chi connectivity index (χ0v) is 18.3. The number of rotatable bonds is 5. The van der Waals surface area contributed by atoms with Gasteiger partial charge < -0.3 is 9.84 Å². The molecule has 0 amide bonds. The molecule has 2 N–H and O–H groups in total. The molecule has 4 rings (SSSR count). The van der Waals surface area contributed by atoms with Crippen molar-refractivity contribution in [3.8, 4) is 16.9 Å². The fraction of sp³-hybridized carbons (Fsp3) is 0.300. The Morgan fingerprint density at radius 3 is 2.66 bits per heavy atom. The van der Waals surface area contributed by atoms with Crippen LogP contribution in [0.3, 0.4) is 0 Å². The van der Waals surface area contributed by atoms with Crippen LogP contribution in [0.2, 0.25) is 0 Å². The van der Waals surface area contributed by atoms with E-state index in [9.17, 15) is 26.7 Å². The number of nitrogens with zero attached hydrogens (tertiary/aromatic N) is 2. The molecule has 0 saturated heterocycles. The number of halogens is 3. The normalized spacial score (nSPS) is 18.7. The zero-order chi connectivity index (χ0) is 23.1. The fourth-order valence-corrected chi connectivity index (χ4v) is 4.84. The zero-order valence-electron chi connectivity index (χ0n) is 16.6. The number of sulfonamides is 1. The van der Waals surface area contributed by atoms with Crippen molar-refractivity contribution in [2.45, 2.75) is 25.0 Å². The second-order valence-corrected chi connectivity index (χ2v) is 10.2. The predicted molar refractivity (Wildman–Crippen MR) is 113 cm³/mol. The van der Waals surface area contributed by atoms with Gasteiger partial charge in [-0.25, -0.2) is 0 Å². The Bertz CT molecular complexity index is 1240. The second-order valence-electron chi connectivity index (χ2n) is 7.28. The van der Waals surface area contributed by atoms with Gasteiger partial charge in [-0.2, -0.15) is 21.6 Å². The molecule has 0 bridgehead atoms. The minimum atomic E-state index is -5.57. The average molecular weight is 486 g/mol. The molecule has 170 valence electrons. The summed E-state index contributed by atoms with van der Waals surface area (Å²) in [7, 11) is -5.57. The molecular formula is C20H18F3N3O4S2. The molecule has 1 aliphatic rings. The van der Waals surface area contributed by atoms with Gasteiger partial charge in [0.1, 0.15) is 15.8 Å². The van der Waals surface area contributed by atoms with Crippen LogP contribution in [0.4, 0.5) is 18.9 Å². The highest BCUT2D eigenvalue weighted by Gasteiger charge is 2.46. The maximum atomic E-state index is 12.8. The van der Waals surface area contributed by atoms with Crippen LogP contribution in [0.15, 0.2) is 42.5 Å². The van der Waals surface area contributed by atoms with Crippen molar-refractivity contribution in [1.29, 1.82) is 0 Å². The van der Waals surface area contributed by atoms with Gasteiger partial charge in [-0.15, -0.1) is 21.5 Å². The highest BCUT2D eigenvalue weighted by Crippen LogP contribution is 2.41. The molecule has 32 heavy (non-hydrogen) atoms. The number of ether oxygens (including phenoxy) is 1. The predicted octanol–water partition coefficient (Wildman–Crippen LogP) is 4.06. The SMILES string of the molecule is Cc1nnc(C[C@@H]2COc3cc(-c4ccccc4NS(=O)(=O)C(F)(F)F)ccc3[C@H]2O)s1. The van der Waals surface area contributed by atoms with Crippen molar-refractivity contribution in [1.82, 2.24) is 10.2 Å². The first-order chi connectivity index (χ1) is 15.0. The second kappa shape index (κ2) is 8.34. The van der Waals surface area contributed by atoms with Crippen molar-refractivity contribution >= 4 is 27.0 Å². The molecule has 0 spiro atoms. The van der Waals surface area contributed by atoms with E-state index in [1.165, 1.54) is 29.5 Å². The quantitative estimate of drug-likeness (QED) is 0.565. The van der Waals surface area contributed by atoms with Gasteiger partial charge >= 0.3 is 15.5 Å². The largest absolute Gasteiger partial charge is 0.516 e. The van der Waals surface area contributed by atoms with Crippen LogP contribution in [0.1, 0.15) is 21.7 Å². The summed E-state index contributed by atoms with van der Waals surface area (Å²) in [6.07, 6.45) is -0.327.